The molecule has 1 fully saturated rings. The molecule has 9 nitrogen and oxygen atoms in total. The predicted molar refractivity (Wildman–Crippen MR) is 119 cm³/mol. The molecule has 3 aromatic rings. The van der Waals surface area contributed by atoms with Crippen LogP contribution in [0.1, 0.15) is 30.0 Å². The average molecular weight is 437 g/mol. The van der Waals surface area contributed by atoms with Gasteiger partial charge in [0.05, 0.1) is 25.4 Å². The Labute approximate surface area is 187 Å². The summed E-state index contributed by atoms with van der Waals surface area (Å²) in [5.41, 5.74) is 1.57. The van der Waals surface area contributed by atoms with Gasteiger partial charge in [-0.25, -0.2) is 0 Å². The van der Waals surface area contributed by atoms with Gasteiger partial charge in [0.1, 0.15) is 11.5 Å². The van der Waals surface area contributed by atoms with Crippen molar-refractivity contribution >= 4 is 5.91 Å². The second-order valence-electron chi connectivity index (χ2n) is 7.46. The van der Waals surface area contributed by atoms with Crippen molar-refractivity contribution in [3.63, 3.8) is 0 Å². The SMILES string of the molecule is CCOc1ccc(C(=O)N2CCN(Cc3nnnn3-c3ccc(OCC)cc3)CC2)cc1. The van der Waals surface area contributed by atoms with Gasteiger partial charge in [-0.3, -0.25) is 9.69 Å². The maximum absolute atomic E-state index is 12.8. The van der Waals surface area contributed by atoms with Gasteiger partial charge in [-0.1, -0.05) is 0 Å². The van der Waals surface area contributed by atoms with Crippen LogP contribution in [0.2, 0.25) is 0 Å². The first-order chi connectivity index (χ1) is 15.7. The average Bonchev–Trinajstić information content (AvgIpc) is 3.29. The molecule has 0 radical (unpaired) electrons. The summed E-state index contributed by atoms with van der Waals surface area (Å²) in [6.07, 6.45) is 0. The van der Waals surface area contributed by atoms with Gasteiger partial charge in [0.15, 0.2) is 5.82 Å². The van der Waals surface area contributed by atoms with Crippen molar-refractivity contribution in [2.24, 2.45) is 0 Å². The molecule has 0 aliphatic carbocycles. The van der Waals surface area contributed by atoms with Crippen molar-refractivity contribution in [1.29, 1.82) is 0 Å². The number of nitrogens with zero attached hydrogens (tertiary/aromatic N) is 6. The van der Waals surface area contributed by atoms with Gasteiger partial charge in [-0.15, -0.1) is 5.10 Å². The Kier molecular flexibility index (Phi) is 6.96. The van der Waals surface area contributed by atoms with E-state index in [4.69, 9.17) is 9.47 Å². The molecule has 0 unspecified atom stereocenters. The summed E-state index contributed by atoms with van der Waals surface area (Å²) < 4.78 is 12.7. The molecule has 9 heteroatoms. The number of carbonyl (C=O) groups is 1. The van der Waals surface area contributed by atoms with E-state index in [0.717, 1.165) is 36.1 Å². The highest BCUT2D eigenvalue weighted by Gasteiger charge is 2.23. The first kappa shape index (κ1) is 21.8. The van der Waals surface area contributed by atoms with E-state index in [9.17, 15) is 4.79 Å². The molecule has 1 aromatic heterocycles. The molecular weight excluding hydrogens is 408 g/mol. The summed E-state index contributed by atoms with van der Waals surface area (Å²) in [6, 6.07) is 15.0. The van der Waals surface area contributed by atoms with Gasteiger partial charge in [0, 0.05) is 31.7 Å². The van der Waals surface area contributed by atoms with Crippen molar-refractivity contribution in [3.05, 3.63) is 59.9 Å². The number of piperazine rings is 1. The van der Waals surface area contributed by atoms with Crippen molar-refractivity contribution in [2.75, 3.05) is 39.4 Å². The van der Waals surface area contributed by atoms with Gasteiger partial charge >= 0.3 is 0 Å². The van der Waals surface area contributed by atoms with Gasteiger partial charge < -0.3 is 14.4 Å². The summed E-state index contributed by atoms with van der Waals surface area (Å²) >= 11 is 0. The molecule has 2 heterocycles. The van der Waals surface area contributed by atoms with E-state index in [-0.39, 0.29) is 5.91 Å². The molecule has 1 saturated heterocycles. The summed E-state index contributed by atoms with van der Waals surface area (Å²) in [5.74, 6) is 2.41. The van der Waals surface area contributed by atoms with Crippen LogP contribution in [0.3, 0.4) is 0 Å². The predicted octanol–water partition coefficient (Wildman–Crippen LogP) is 2.42. The molecule has 1 aliphatic rings. The maximum Gasteiger partial charge on any atom is 0.253 e. The summed E-state index contributed by atoms with van der Waals surface area (Å²) in [6.45, 7) is 8.60. The maximum atomic E-state index is 12.8. The number of tetrazole rings is 1. The third-order valence-corrected chi connectivity index (χ3v) is 5.36. The lowest BCUT2D eigenvalue weighted by Crippen LogP contribution is -2.48. The molecular formula is C23H28N6O3. The largest absolute Gasteiger partial charge is 0.494 e. The third kappa shape index (κ3) is 5.05. The Balaban J connectivity index is 1.33. The van der Waals surface area contributed by atoms with Crippen molar-refractivity contribution in [1.82, 2.24) is 30.0 Å². The normalized spacial score (nSPS) is 14.4. The Morgan fingerprint density at radius 3 is 2.06 bits per heavy atom. The second kappa shape index (κ2) is 10.2. The van der Waals surface area contributed by atoms with E-state index in [1.807, 2.05) is 67.3 Å². The molecule has 168 valence electrons. The van der Waals surface area contributed by atoms with Crippen LogP contribution >= 0.6 is 0 Å². The number of benzene rings is 2. The zero-order valence-corrected chi connectivity index (χ0v) is 18.5. The molecule has 32 heavy (non-hydrogen) atoms. The van der Waals surface area contributed by atoms with Gasteiger partial charge in [0.25, 0.3) is 5.91 Å². The Morgan fingerprint density at radius 1 is 0.875 bits per heavy atom. The lowest BCUT2D eigenvalue weighted by molar-refractivity contribution is 0.0624. The van der Waals surface area contributed by atoms with Crippen molar-refractivity contribution in [3.8, 4) is 17.2 Å². The van der Waals surface area contributed by atoms with Crippen LogP contribution in [-0.4, -0.2) is 75.3 Å². The summed E-state index contributed by atoms with van der Waals surface area (Å²) in [4.78, 5) is 17.0. The molecule has 0 spiro atoms. The van der Waals surface area contributed by atoms with Crippen LogP contribution in [0.5, 0.6) is 11.5 Å². The molecule has 0 saturated carbocycles. The van der Waals surface area contributed by atoms with Gasteiger partial charge in [-0.05, 0) is 72.8 Å². The van der Waals surface area contributed by atoms with Crippen LogP contribution in [0, 0.1) is 0 Å². The van der Waals surface area contributed by atoms with Crippen LogP contribution in [0.25, 0.3) is 5.69 Å². The second-order valence-corrected chi connectivity index (χ2v) is 7.46. The molecule has 2 aromatic carbocycles. The minimum Gasteiger partial charge on any atom is -0.494 e. The van der Waals surface area contributed by atoms with Gasteiger partial charge in [-0.2, -0.15) is 4.68 Å². The smallest absolute Gasteiger partial charge is 0.253 e. The van der Waals surface area contributed by atoms with E-state index in [2.05, 4.69) is 20.4 Å². The van der Waals surface area contributed by atoms with E-state index in [0.29, 0.717) is 38.4 Å². The number of hydrogen-bond acceptors (Lipinski definition) is 7. The molecule has 4 rings (SSSR count). The highest BCUT2D eigenvalue weighted by Crippen LogP contribution is 2.18. The van der Waals surface area contributed by atoms with Gasteiger partial charge in [0.2, 0.25) is 0 Å². The number of amides is 1. The minimum atomic E-state index is 0.0481. The zero-order chi connectivity index (χ0) is 22.3. The fourth-order valence-corrected chi connectivity index (χ4v) is 3.71. The Morgan fingerprint density at radius 2 is 1.47 bits per heavy atom. The molecule has 0 N–H and O–H groups in total. The minimum absolute atomic E-state index is 0.0481. The molecule has 1 amide bonds. The van der Waals surface area contributed by atoms with Crippen molar-refractivity contribution in [2.45, 2.75) is 20.4 Å². The van der Waals surface area contributed by atoms with E-state index >= 15 is 0 Å². The molecule has 0 atom stereocenters. The van der Waals surface area contributed by atoms with E-state index in [1.54, 1.807) is 4.68 Å². The quantitative estimate of drug-likeness (QED) is 0.536. The number of carbonyl (C=O) groups excluding carboxylic acids is 1. The third-order valence-electron chi connectivity index (χ3n) is 5.36. The Hall–Kier alpha value is -3.46. The van der Waals surface area contributed by atoms with Crippen LogP contribution in [0.4, 0.5) is 0 Å². The Bertz CT molecular complexity index is 1010. The number of rotatable bonds is 8. The lowest BCUT2D eigenvalue weighted by atomic mass is 10.1. The summed E-state index contributed by atoms with van der Waals surface area (Å²) in [7, 11) is 0. The van der Waals surface area contributed by atoms with Crippen molar-refractivity contribution < 1.29 is 14.3 Å². The fraction of sp³-hybridized carbons (Fsp3) is 0.391. The topological polar surface area (TPSA) is 85.6 Å². The lowest BCUT2D eigenvalue weighted by Gasteiger charge is -2.34. The highest BCUT2D eigenvalue weighted by atomic mass is 16.5. The number of ether oxygens (including phenoxy) is 2. The highest BCUT2D eigenvalue weighted by molar-refractivity contribution is 5.94. The number of hydrogen-bond donors (Lipinski definition) is 0. The number of aromatic nitrogens is 4. The molecule has 1 aliphatic heterocycles. The van der Waals surface area contributed by atoms with Crippen LogP contribution in [0.15, 0.2) is 48.5 Å². The summed E-state index contributed by atoms with van der Waals surface area (Å²) in [5, 5.41) is 12.2. The zero-order valence-electron chi connectivity index (χ0n) is 18.5. The van der Waals surface area contributed by atoms with E-state index < -0.39 is 0 Å². The monoisotopic (exact) mass is 436 g/mol. The standard InChI is InChI=1S/C23H28N6O3/c1-3-31-20-9-5-18(6-10-20)23(30)28-15-13-27(14-16-28)17-22-24-25-26-29(22)19-7-11-21(12-8-19)32-4-2/h5-12H,3-4,13-17H2,1-2H3. The first-order valence-electron chi connectivity index (χ1n) is 10.9. The first-order valence-corrected chi connectivity index (χ1v) is 10.9. The van der Waals surface area contributed by atoms with Crippen LogP contribution < -0.4 is 9.47 Å². The fourth-order valence-electron chi connectivity index (χ4n) is 3.71. The van der Waals surface area contributed by atoms with Crippen LogP contribution in [-0.2, 0) is 6.54 Å². The van der Waals surface area contributed by atoms with E-state index in [1.165, 1.54) is 0 Å². The molecule has 0 bridgehead atoms.